The highest BCUT2D eigenvalue weighted by molar-refractivity contribution is 7.18. The van der Waals surface area contributed by atoms with Crippen molar-refractivity contribution in [3.63, 3.8) is 0 Å². The van der Waals surface area contributed by atoms with Gasteiger partial charge in [-0.2, -0.15) is 5.10 Å². The number of ether oxygens (including phenoxy) is 1. The number of hydrogen-bond donors (Lipinski definition) is 1. The molecule has 0 aliphatic rings. The van der Waals surface area contributed by atoms with Gasteiger partial charge in [0.2, 0.25) is 0 Å². The molecule has 1 aromatic carbocycles. The van der Waals surface area contributed by atoms with Gasteiger partial charge < -0.3 is 4.74 Å². The molecule has 3 aromatic rings. The van der Waals surface area contributed by atoms with Crippen LogP contribution in [0.1, 0.15) is 26.4 Å². The van der Waals surface area contributed by atoms with E-state index in [0.29, 0.717) is 16.9 Å². The maximum Gasteiger partial charge on any atom is 0.338 e. The lowest BCUT2D eigenvalue weighted by molar-refractivity contribution is 0.0600. The van der Waals surface area contributed by atoms with E-state index >= 15 is 0 Å². The average molecular weight is 340 g/mol. The summed E-state index contributed by atoms with van der Waals surface area (Å²) in [7, 11) is 1.35. The van der Waals surface area contributed by atoms with Crippen LogP contribution in [0.3, 0.4) is 0 Å². The van der Waals surface area contributed by atoms with Crippen molar-refractivity contribution in [2.24, 2.45) is 5.10 Å². The minimum Gasteiger partial charge on any atom is -0.465 e. The molecule has 0 atom stereocenters. The summed E-state index contributed by atoms with van der Waals surface area (Å²) in [6.45, 7) is 4.10. The molecule has 7 heteroatoms. The van der Waals surface area contributed by atoms with Gasteiger partial charge in [-0.1, -0.05) is 18.2 Å². The van der Waals surface area contributed by atoms with Gasteiger partial charge in [0, 0.05) is 10.4 Å². The van der Waals surface area contributed by atoms with Crippen LogP contribution < -0.4 is 5.43 Å². The van der Waals surface area contributed by atoms with E-state index in [1.54, 1.807) is 35.8 Å². The molecule has 24 heavy (non-hydrogen) atoms. The fourth-order valence-corrected chi connectivity index (χ4v) is 3.33. The molecule has 0 aliphatic carbocycles. The number of thiophene rings is 1. The zero-order valence-corrected chi connectivity index (χ0v) is 14.3. The van der Waals surface area contributed by atoms with Crippen LogP contribution in [-0.4, -0.2) is 29.3 Å². The highest BCUT2D eigenvalue weighted by atomic mass is 32.1. The molecule has 0 spiro atoms. The number of hydrogen-bond acceptors (Lipinski definition) is 7. The Morgan fingerprint density at radius 2 is 2.08 bits per heavy atom. The molecule has 3 rings (SSSR count). The number of hydrazone groups is 1. The van der Waals surface area contributed by atoms with E-state index in [1.807, 2.05) is 13.0 Å². The van der Waals surface area contributed by atoms with E-state index in [9.17, 15) is 4.79 Å². The monoisotopic (exact) mass is 340 g/mol. The van der Waals surface area contributed by atoms with Gasteiger partial charge in [0.25, 0.3) is 0 Å². The molecular weight excluding hydrogens is 324 g/mol. The van der Waals surface area contributed by atoms with Crippen molar-refractivity contribution in [2.75, 3.05) is 12.5 Å². The van der Waals surface area contributed by atoms with Gasteiger partial charge in [0.05, 0.1) is 24.3 Å². The Kier molecular flexibility index (Phi) is 4.52. The second-order valence-electron chi connectivity index (χ2n) is 5.13. The Balaban J connectivity index is 1.90. The van der Waals surface area contributed by atoms with Crippen molar-refractivity contribution in [3.05, 3.63) is 52.2 Å². The summed E-state index contributed by atoms with van der Waals surface area (Å²) in [5.41, 5.74) is 5.22. The normalized spacial score (nSPS) is 11.1. The molecule has 0 saturated carbocycles. The number of aromatic nitrogens is 2. The van der Waals surface area contributed by atoms with Crippen LogP contribution in [0.25, 0.3) is 10.2 Å². The van der Waals surface area contributed by atoms with E-state index < -0.39 is 5.97 Å². The second kappa shape index (κ2) is 6.76. The molecule has 6 nitrogen and oxygen atoms in total. The molecular formula is C17H16N4O2S. The van der Waals surface area contributed by atoms with E-state index in [-0.39, 0.29) is 0 Å². The van der Waals surface area contributed by atoms with E-state index in [1.165, 1.54) is 18.3 Å². The van der Waals surface area contributed by atoms with Crippen molar-refractivity contribution < 1.29 is 9.53 Å². The second-order valence-corrected chi connectivity index (χ2v) is 6.34. The predicted molar refractivity (Wildman–Crippen MR) is 95.9 cm³/mol. The van der Waals surface area contributed by atoms with Crippen molar-refractivity contribution in [3.8, 4) is 0 Å². The minimum absolute atomic E-state index is 0.397. The van der Waals surface area contributed by atoms with E-state index in [4.69, 9.17) is 4.74 Å². The van der Waals surface area contributed by atoms with Crippen LogP contribution in [0.5, 0.6) is 0 Å². The van der Waals surface area contributed by atoms with Crippen LogP contribution in [0.4, 0.5) is 5.82 Å². The average Bonchev–Trinajstić information content (AvgIpc) is 2.90. The Morgan fingerprint density at radius 1 is 1.29 bits per heavy atom. The fourth-order valence-electron chi connectivity index (χ4n) is 2.34. The summed E-state index contributed by atoms with van der Waals surface area (Å²) < 4.78 is 4.78. The summed E-state index contributed by atoms with van der Waals surface area (Å²) in [6.07, 6.45) is 3.09. The van der Waals surface area contributed by atoms with Gasteiger partial charge in [0.15, 0.2) is 5.82 Å². The summed E-state index contributed by atoms with van der Waals surface area (Å²) in [5.74, 6) is 0.249. The summed E-state index contributed by atoms with van der Waals surface area (Å²) in [4.78, 5) is 22.4. The molecule has 0 saturated heterocycles. The maximum absolute atomic E-state index is 11.8. The predicted octanol–water partition coefficient (Wildman–Crippen LogP) is 3.54. The van der Waals surface area contributed by atoms with Gasteiger partial charge in [-0.3, -0.25) is 5.43 Å². The first-order valence-corrected chi connectivity index (χ1v) is 8.10. The molecule has 0 aliphatic heterocycles. The zero-order chi connectivity index (χ0) is 17.1. The van der Waals surface area contributed by atoms with Crippen molar-refractivity contribution in [1.82, 2.24) is 9.97 Å². The third-order valence-electron chi connectivity index (χ3n) is 3.71. The number of fused-ring (bicyclic) bond motifs is 1. The molecule has 0 radical (unpaired) electrons. The number of methoxy groups -OCH3 is 1. The Labute approximate surface area is 143 Å². The fraction of sp³-hybridized carbons (Fsp3) is 0.176. The van der Waals surface area contributed by atoms with Crippen molar-refractivity contribution in [2.45, 2.75) is 13.8 Å². The summed E-state index contributed by atoms with van der Waals surface area (Å²) in [6, 6.07) is 7.11. The first-order chi connectivity index (χ1) is 11.6. The first-order valence-electron chi connectivity index (χ1n) is 7.29. The number of carbonyl (C=O) groups excluding carboxylic acids is 1. The van der Waals surface area contributed by atoms with Crippen LogP contribution in [0.2, 0.25) is 0 Å². The lowest BCUT2D eigenvalue weighted by Gasteiger charge is -2.04. The maximum atomic E-state index is 11.8. The number of anilines is 1. The number of nitrogens with one attached hydrogen (secondary N) is 1. The molecule has 0 amide bonds. The Bertz CT molecular complexity index is 933. The van der Waals surface area contributed by atoms with Crippen LogP contribution in [-0.2, 0) is 4.74 Å². The van der Waals surface area contributed by atoms with Gasteiger partial charge in [-0.15, -0.1) is 11.3 Å². The smallest absolute Gasteiger partial charge is 0.338 e. The number of esters is 1. The highest BCUT2D eigenvalue weighted by Gasteiger charge is 2.12. The lowest BCUT2D eigenvalue weighted by Crippen LogP contribution is -2.05. The van der Waals surface area contributed by atoms with Gasteiger partial charge in [-0.25, -0.2) is 14.8 Å². The van der Waals surface area contributed by atoms with Crippen LogP contribution in [0, 0.1) is 13.8 Å². The number of nitrogens with zero attached hydrogens (tertiary/aromatic N) is 3. The lowest BCUT2D eigenvalue weighted by atomic mass is 10.1. The number of aryl methyl sites for hydroxylation is 2. The summed E-state index contributed by atoms with van der Waals surface area (Å²) in [5, 5.41) is 5.19. The Hall–Kier alpha value is -2.80. The van der Waals surface area contributed by atoms with Gasteiger partial charge in [-0.05, 0) is 25.5 Å². The number of benzene rings is 1. The molecule has 122 valence electrons. The van der Waals surface area contributed by atoms with Gasteiger partial charge in [0.1, 0.15) is 11.2 Å². The zero-order valence-electron chi connectivity index (χ0n) is 13.5. The van der Waals surface area contributed by atoms with E-state index in [0.717, 1.165) is 15.8 Å². The van der Waals surface area contributed by atoms with Crippen molar-refractivity contribution >= 4 is 39.6 Å². The quantitative estimate of drug-likeness (QED) is 0.446. The number of carbonyl (C=O) groups is 1. The SMILES string of the molecule is COC(=O)c1ccccc1/C=N\Nc1ncnc2sc(C)c(C)c12. The molecule has 1 N–H and O–H groups in total. The molecule has 0 unspecified atom stereocenters. The topological polar surface area (TPSA) is 76.5 Å². The highest BCUT2D eigenvalue weighted by Crippen LogP contribution is 2.32. The molecule has 2 aromatic heterocycles. The van der Waals surface area contributed by atoms with Crippen LogP contribution >= 0.6 is 11.3 Å². The van der Waals surface area contributed by atoms with Crippen molar-refractivity contribution in [1.29, 1.82) is 0 Å². The van der Waals surface area contributed by atoms with Gasteiger partial charge >= 0.3 is 5.97 Å². The molecule has 0 bridgehead atoms. The first kappa shape index (κ1) is 16.1. The third kappa shape index (κ3) is 2.98. The summed E-state index contributed by atoms with van der Waals surface area (Å²) >= 11 is 1.63. The Morgan fingerprint density at radius 3 is 2.88 bits per heavy atom. The molecule has 0 fully saturated rings. The number of rotatable bonds is 4. The van der Waals surface area contributed by atoms with E-state index in [2.05, 4.69) is 27.4 Å². The third-order valence-corrected chi connectivity index (χ3v) is 4.82. The standard InChI is InChI=1S/C17H16N4O2S/c1-10-11(2)24-16-14(10)15(18-9-19-16)21-20-8-12-6-4-5-7-13(12)17(22)23-3/h4-9H,1-3H3,(H,18,19,21)/b20-8-. The molecule has 2 heterocycles. The largest absolute Gasteiger partial charge is 0.465 e. The van der Waals surface area contributed by atoms with Crippen LogP contribution in [0.15, 0.2) is 35.7 Å². The minimum atomic E-state index is -0.397.